The zero-order valence-electron chi connectivity index (χ0n) is 22.3. The van der Waals surface area contributed by atoms with Gasteiger partial charge in [-0.1, -0.05) is 41.4 Å². The summed E-state index contributed by atoms with van der Waals surface area (Å²) in [5.41, 5.74) is 4.41. The third-order valence-corrected chi connectivity index (χ3v) is 7.81. The largest absolute Gasteiger partial charge is 0.493 e. The minimum atomic E-state index is -4.17. The average Bonchev–Trinajstić information content (AvgIpc) is 3.26. The molecule has 1 aromatic heterocycles. The molecule has 0 amide bonds. The maximum atomic E-state index is 13.0. The molecule has 0 spiro atoms. The number of halogens is 1. The van der Waals surface area contributed by atoms with Crippen molar-refractivity contribution in [2.75, 3.05) is 17.9 Å². The molecule has 4 rings (SSSR count). The van der Waals surface area contributed by atoms with Gasteiger partial charge in [-0.2, -0.15) is 12.7 Å². The number of carboxylic acids is 1. The molecule has 4 aromatic rings. The number of hydrogen-bond acceptors (Lipinski definition) is 6. The van der Waals surface area contributed by atoms with Crippen LogP contribution < -0.4 is 9.46 Å². The Balaban J connectivity index is 1.37. The van der Waals surface area contributed by atoms with Crippen LogP contribution in [0.15, 0.2) is 71.1 Å². The van der Waals surface area contributed by atoms with E-state index in [1.807, 2.05) is 38.1 Å². The van der Waals surface area contributed by atoms with Crippen LogP contribution in [0.1, 0.15) is 28.1 Å². The molecule has 3 aromatic carbocycles. The van der Waals surface area contributed by atoms with E-state index in [1.54, 1.807) is 43.3 Å². The van der Waals surface area contributed by atoms with Gasteiger partial charge in [-0.05, 0) is 74.4 Å². The van der Waals surface area contributed by atoms with Crippen LogP contribution in [0, 0.1) is 20.8 Å². The van der Waals surface area contributed by atoms with E-state index < -0.39 is 22.7 Å². The van der Waals surface area contributed by atoms with Crippen molar-refractivity contribution in [3.8, 4) is 17.2 Å². The lowest BCUT2D eigenvalue weighted by Gasteiger charge is -2.22. The molecule has 40 heavy (non-hydrogen) atoms. The van der Waals surface area contributed by atoms with Gasteiger partial charge in [0.05, 0.1) is 18.0 Å². The van der Waals surface area contributed by atoms with Crippen LogP contribution in [0.3, 0.4) is 0 Å². The SMILES string of the molecule is Cc1ccc(-c2nc(CCOc3ccc(CN(CC(=O)O)S(=O)(=O)Nc4ccc(Cl)cc4C)cc3)c(C)o2)cc1. The number of rotatable bonds is 12. The minimum absolute atomic E-state index is 0.144. The van der Waals surface area contributed by atoms with E-state index in [0.717, 1.165) is 26.9 Å². The van der Waals surface area contributed by atoms with Gasteiger partial charge in [0.15, 0.2) is 0 Å². The Kier molecular flexibility index (Phi) is 9.14. The zero-order valence-corrected chi connectivity index (χ0v) is 23.9. The highest BCUT2D eigenvalue weighted by Gasteiger charge is 2.25. The van der Waals surface area contributed by atoms with Crippen LogP contribution in [-0.4, -0.2) is 41.9 Å². The second kappa shape index (κ2) is 12.5. The Bertz CT molecular complexity index is 1590. The summed E-state index contributed by atoms with van der Waals surface area (Å²) in [5, 5.41) is 9.80. The summed E-state index contributed by atoms with van der Waals surface area (Å²) in [6.45, 7) is 5.11. The zero-order chi connectivity index (χ0) is 28.9. The van der Waals surface area contributed by atoms with Gasteiger partial charge in [0.2, 0.25) is 5.89 Å². The summed E-state index contributed by atoms with van der Waals surface area (Å²) in [4.78, 5) is 16.0. The summed E-state index contributed by atoms with van der Waals surface area (Å²) < 4.78 is 41.1. The maximum Gasteiger partial charge on any atom is 0.318 e. The molecule has 0 aliphatic carbocycles. The predicted molar refractivity (Wildman–Crippen MR) is 154 cm³/mol. The second-order valence-corrected chi connectivity index (χ2v) is 11.5. The minimum Gasteiger partial charge on any atom is -0.493 e. The number of aryl methyl sites for hydroxylation is 3. The number of carbonyl (C=O) groups is 1. The molecule has 210 valence electrons. The van der Waals surface area contributed by atoms with Gasteiger partial charge in [0.25, 0.3) is 0 Å². The van der Waals surface area contributed by atoms with Crippen molar-refractivity contribution < 1.29 is 27.5 Å². The molecule has 0 aliphatic heterocycles. The predicted octanol–water partition coefficient (Wildman–Crippen LogP) is 5.79. The van der Waals surface area contributed by atoms with Crippen LogP contribution in [0.25, 0.3) is 11.5 Å². The fourth-order valence-electron chi connectivity index (χ4n) is 3.96. The molecular weight excluding hydrogens is 554 g/mol. The number of aliphatic carboxylic acids is 1. The van der Waals surface area contributed by atoms with Crippen molar-refractivity contribution in [2.24, 2.45) is 0 Å². The van der Waals surface area contributed by atoms with Crippen molar-refractivity contribution >= 4 is 33.5 Å². The normalized spacial score (nSPS) is 11.5. The van der Waals surface area contributed by atoms with Crippen molar-refractivity contribution in [3.05, 3.63) is 99.9 Å². The second-order valence-electron chi connectivity index (χ2n) is 9.36. The van der Waals surface area contributed by atoms with Gasteiger partial charge in [-0.15, -0.1) is 0 Å². The van der Waals surface area contributed by atoms with Crippen molar-refractivity contribution in [1.82, 2.24) is 9.29 Å². The summed E-state index contributed by atoms with van der Waals surface area (Å²) in [6.07, 6.45) is 0.545. The van der Waals surface area contributed by atoms with E-state index in [2.05, 4.69) is 9.71 Å². The number of carboxylic acid groups (broad SMARTS) is 1. The third-order valence-electron chi connectivity index (χ3n) is 6.16. The molecule has 1 heterocycles. The van der Waals surface area contributed by atoms with Crippen LogP contribution in [0.5, 0.6) is 5.75 Å². The summed E-state index contributed by atoms with van der Waals surface area (Å²) in [7, 11) is -4.17. The van der Waals surface area contributed by atoms with Gasteiger partial charge < -0.3 is 14.3 Å². The number of nitrogens with zero attached hydrogens (tertiary/aromatic N) is 2. The summed E-state index contributed by atoms with van der Waals surface area (Å²) in [5.74, 6) is 0.619. The van der Waals surface area contributed by atoms with Gasteiger partial charge in [-0.3, -0.25) is 9.52 Å². The number of anilines is 1. The fourth-order valence-corrected chi connectivity index (χ4v) is 5.42. The summed E-state index contributed by atoms with van der Waals surface area (Å²) in [6, 6.07) is 19.5. The molecule has 0 saturated carbocycles. The van der Waals surface area contributed by atoms with Crippen LogP contribution in [0.2, 0.25) is 5.02 Å². The molecule has 0 bridgehead atoms. The Morgan fingerprint density at radius 1 is 1.05 bits per heavy atom. The highest BCUT2D eigenvalue weighted by Crippen LogP contribution is 2.24. The van der Waals surface area contributed by atoms with Crippen molar-refractivity contribution in [1.29, 1.82) is 0 Å². The molecule has 0 atom stereocenters. The van der Waals surface area contributed by atoms with E-state index in [9.17, 15) is 18.3 Å². The first kappa shape index (κ1) is 29.1. The average molecular weight is 584 g/mol. The molecule has 11 heteroatoms. The molecule has 0 fully saturated rings. The fraction of sp³-hybridized carbons (Fsp3) is 0.241. The number of oxazole rings is 1. The molecule has 0 unspecified atom stereocenters. The highest BCUT2D eigenvalue weighted by molar-refractivity contribution is 7.90. The highest BCUT2D eigenvalue weighted by atomic mass is 35.5. The number of benzene rings is 3. The number of aromatic nitrogens is 1. The maximum absolute atomic E-state index is 13.0. The van der Waals surface area contributed by atoms with Gasteiger partial charge in [-0.25, -0.2) is 4.98 Å². The van der Waals surface area contributed by atoms with E-state index in [4.69, 9.17) is 20.8 Å². The lowest BCUT2D eigenvalue weighted by atomic mass is 10.1. The van der Waals surface area contributed by atoms with Gasteiger partial charge >= 0.3 is 16.2 Å². The van der Waals surface area contributed by atoms with Crippen molar-refractivity contribution in [3.63, 3.8) is 0 Å². The van der Waals surface area contributed by atoms with Crippen LogP contribution >= 0.6 is 11.6 Å². The Labute approximate surface area is 238 Å². The Hall–Kier alpha value is -3.86. The number of ether oxygens (including phenoxy) is 1. The van der Waals surface area contributed by atoms with Gasteiger partial charge in [0, 0.05) is 23.6 Å². The third kappa shape index (κ3) is 7.62. The topological polar surface area (TPSA) is 122 Å². The van der Waals surface area contributed by atoms with E-state index in [-0.39, 0.29) is 6.54 Å². The molecule has 2 N–H and O–H groups in total. The first-order valence-corrected chi connectivity index (χ1v) is 14.3. The molecular formula is C29H30ClN3O6S. The monoisotopic (exact) mass is 583 g/mol. The number of hydrogen-bond donors (Lipinski definition) is 2. The molecule has 0 aliphatic rings. The van der Waals surface area contributed by atoms with Crippen molar-refractivity contribution in [2.45, 2.75) is 33.7 Å². The van der Waals surface area contributed by atoms with Crippen LogP contribution in [-0.2, 0) is 28.0 Å². The van der Waals surface area contributed by atoms with E-state index >= 15 is 0 Å². The molecule has 0 saturated heterocycles. The lowest BCUT2D eigenvalue weighted by molar-refractivity contribution is -0.137. The smallest absolute Gasteiger partial charge is 0.318 e. The van der Waals surface area contributed by atoms with Crippen LogP contribution in [0.4, 0.5) is 5.69 Å². The first-order valence-electron chi connectivity index (χ1n) is 12.5. The Morgan fingerprint density at radius 3 is 2.40 bits per heavy atom. The number of nitrogens with one attached hydrogen (secondary N) is 1. The first-order chi connectivity index (χ1) is 19.0. The van der Waals surface area contributed by atoms with E-state index in [1.165, 1.54) is 6.07 Å². The Morgan fingerprint density at radius 2 is 1.75 bits per heavy atom. The molecule has 0 radical (unpaired) electrons. The quantitative estimate of drug-likeness (QED) is 0.216. The lowest BCUT2D eigenvalue weighted by Crippen LogP contribution is -2.39. The van der Waals surface area contributed by atoms with E-state index in [0.29, 0.717) is 46.5 Å². The van der Waals surface area contributed by atoms with Gasteiger partial charge in [0.1, 0.15) is 18.1 Å². The molecule has 9 nitrogen and oxygen atoms in total. The summed E-state index contributed by atoms with van der Waals surface area (Å²) >= 11 is 5.95. The standard InChI is InChI=1S/C29H30ClN3O6S/c1-19-4-8-23(9-5-19)29-31-27(21(3)39-29)14-15-38-25-11-6-22(7-12-25)17-33(18-28(34)35)40(36,37)32-26-13-10-24(30)16-20(26)2/h4-13,16,32H,14-15,17-18H2,1-3H3,(H,34,35).